The van der Waals surface area contributed by atoms with Crippen LogP contribution in [0.3, 0.4) is 0 Å². The first-order valence-corrected chi connectivity index (χ1v) is 9.51. The number of hydrogen-bond acceptors (Lipinski definition) is 5. The Morgan fingerprint density at radius 3 is 2.83 bits per heavy atom. The van der Waals surface area contributed by atoms with Gasteiger partial charge in [-0.15, -0.1) is 11.3 Å². The van der Waals surface area contributed by atoms with Crippen molar-refractivity contribution in [2.24, 2.45) is 0 Å². The highest BCUT2D eigenvalue weighted by Crippen LogP contribution is 2.30. The second-order valence-corrected chi connectivity index (χ2v) is 7.32. The molecule has 0 spiro atoms. The molecule has 5 nitrogen and oxygen atoms in total. The van der Waals surface area contributed by atoms with E-state index in [-0.39, 0.29) is 0 Å². The fourth-order valence-corrected chi connectivity index (χ4v) is 3.62. The van der Waals surface area contributed by atoms with Gasteiger partial charge < -0.3 is 5.32 Å². The van der Waals surface area contributed by atoms with Crippen LogP contribution in [0.2, 0.25) is 0 Å². The van der Waals surface area contributed by atoms with Gasteiger partial charge in [-0.25, -0.2) is 15.0 Å². The quantitative estimate of drug-likeness (QED) is 0.459. The Hall–Kier alpha value is -2.00. The number of rotatable bonds is 4. The van der Waals surface area contributed by atoms with Crippen LogP contribution in [-0.2, 0) is 6.42 Å². The van der Waals surface area contributed by atoms with Crippen molar-refractivity contribution in [2.45, 2.75) is 13.3 Å². The monoisotopic (exact) mass is 447 g/mol. The van der Waals surface area contributed by atoms with Crippen molar-refractivity contribution >= 4 is 50.5 Å². The largest absolute Gasteiger partial charge is 0.332 e. The van der Waals surface area contributed by atoms with Gasteiger partial charge in [-0.2, -0.15) is 0 Å². The predicted octanol–water partition coefficient (Wildman–Crippen LogP) is 4.76. The van der Waals surface area contributed by atoms with Gasteiger partial charge in [0.2, 0.25) is 5.78 Å². The molecule has 120 valence electrons. The Kier molecular flexibility index (Phi) is 4.19. The summed E-state index contributed by atoms with van der Waals surface area (Å²) in [5.41, 5.74) is 3.99. The molecule has 0 bridgehead atoms. The van der Waals surface area contributed by atoms with Crippen molar-refractivity contribution in [2.75, 3.05) is 5.32 Å². The minimum absolute atomic E-state index is 0.712. The van der Waals surface area contributed by atoms with Gasteiger partial charge in [-0.05, 0) is 59.3 Å². The number of halogens is 1. The van der Waals surface area contributed by atoms with E-state index in [2.05, 4.69) is 74.4 Å². The van der Waals surface area contributed by atoms with Gasteiger partial charge in [0.15, 0.2) is 5.13 Å². The average Bonchev–Trinajstić information content (AvgIpc) is 3.20. The maximum atomic E-state index is 4.75. The van der Waals surface area contributed by atoms with E-state index in [1.165, 1.54) is 3.57 Å². The van der Waals surface area contributed by atoms with Crippen molar-refractivity contribution in [1.29, 1.82) is 0 Å². The molecular formula is C17H14IN5S. The SMILES string of the molecule is CCc1nc2ncccn2c1-c1csc(Nc2ccc(I)cc2)n1. The van der Waals surface area contributed by atoms with Crippen molar-refractivity contribution in [1.82, 2.24) is 19.4 Å². The molecule has 0 aliphatic rings. The van der Waals surface area contributed by atoms with Crippen molar-refractivity contribution in [3.8, 4) is 11.4 Å². The third-order valence-corrected chi connectivity index (χ3v) is 5.13. The van der Waals surface area contributed by atoms with Gasteiger partial charge in [0.1, 0.15) is 5.69 Å². The van der Waals surface area contributed by atoms with Crippen LogP contribution in [0.5, 0.6) is 0 Å². The van der Waals surface area contributed by atoms with Crippen LogP contribution in [0.4, 0.5) is 10.8 Å². The lowest BCUT2D eigenvalue weighted by molar-refractivity contribution is 1.07. The molecule has 7 heteroatoms. The van der Waals surface area contributed by atoms with Crippen molar-refractivity contribution in [3.63, 3.8) is 0 Å². The van der Waals surface area contributed by atoms with Gasteiger partial charge in [0, 0.05) is 27.0 Å². The van der Waals surface area contributed by atoms with E-state index in [9.17, 15) is 0 Å². The van der Waals surface area contributed by atoms with Crippen molar-refractivity contribution < 1.29 is 0 Å². The van der Waals surface area contributed by atoms with E-state index in [0.29, 0.717) is 5.78 Å². The van der Waals surface area contributed by atoms with E-state index >= 15 is 0 Å². The summed E-state index contributed by atoms with van der Waals surface area (Å²) >= 11 is 3.89. The lowest BCUT2D eigenvalue weighted by atomic mass is 10.2. The predicted molar refractivity (Wildman–Crippen MR) is 106 cm³/mol. The zero-order valence-corrected chi connectivity index (χ0v) is 15.9. The van der Waals surface area contributed by atoms with Crippen LogP contribution in [0.15, 0.2) is 48.1 Å². The molecule has 0 fully saturated rings. The zero-order valence-electron chi connectivity index (χ0n) is 12.9. The fraction of sp³-hybridized carbons (Fsp3) is 0.118. The van der Waals surface area contributed by atoms with Crippen LogP contribution in [-0.4, -0.2) is 19.4 Å². The molecule has 0 saturated carbocycles. The van der Waals surface area contributed by atoms with Gasteiger partial charge in [0.25, 0.3) is 0 Å². The highest BCUT2D eigenvalue weighted by atomic mass is 127. The summed E-state index contributed by atoms with van der Waals surface area (Å²) in [5.74, 6) is 0.712. The molecule has 24 heavy (non-hydrogen) atoms. The first-order valence-electron chi connectivity index (χ1n) is 7.55. The fourth-order valence-electron chi connectivity index (χ4n) is 2.55. The third-order valence-electron chi connectivity index (χ3n) is 3.65. The molecule has 0 atom stereocenters. The van der Waals surface area contributed by atoms with E-state index in [1.807, 2.05) is 16.7 Å². The Morgan fingerprint density at radius 1 is 1.21 bits per heavy atom. The smallest absolute Gasteiger partial charge is 0.234 e. The molecule has 0 amide bonds. The number of hydrogen-bond donors (Lipinski definition) is 1. The number of aryl methyl sites for hydroxylation is 1. The lowest BCUT2D eigenvalue weighted by Gasteiger charge is -2.02. The average molecular weight is 447 g/mol. The van der Waals surface area contributed by atoms with Crippen LogP contribution in [0, 0.1) is 3.57 Å². The molecule has 0 saturated heterocycles. The van der Waals surface area contributed by atoms with Gasteiger partial charge in [-0.3, -0.25) is 4.40 Å². The maximum absolute atomic E-state index is 4.75. The molecule has 1 N–H and O–H groups in total. The number of benzene rings is 1. The number of aromatic nitrogens is 4. The summed E-state index contributed by atoms with van der Waals surface area (Å²) in [6.45, 7) is 2.10. The first-order chi connectivity index (χ1) is 11.7. The van der Waals surface area contributed by atoms with E-state index in [1.54, 1.807) is 17.5 Å². The molecule has 0 radical (unpaired) electrons. The van der Waals surface area contributed by atoms with Crippen LogP contribution >= 0.6 is 33.9 Å². The summed E-state index contributed by atoms with van der Waals surface area (Å²) < 4.78 is 3.21. The summed E-state index contributed by atoms with van der Waals surface area (Å²) in [6, 6.07) is 10.2. The zero-order chi connectivity index (χ0) is 16.5. The van der Waals surface area contributed by atoms with Crippen molar-refractivity contribution in [3.05, 3.63) is 57.4 Å². The summed E-state index contributed by atoms with van der Waals surface area (Å²) in [5, 5.41) is 6.29. The van der Waals surface area contributed by atoms with Crippen LogP contribution < -0.4 is 5.32 Å². The van der Waals surface area contributed by atoms with E-state index < -0.39 is 0 Å². The summed E-state index contributed by atoms with van der Waals surface area (Å²) in [4.78, 5) is 13.7. The van der Waals surface area contributed by atoms with Crippen LogP contribution in [0.25, 0.3) is 17.2 Å². The van der Waals surface area contributed by atoms with Crippen LogP contribution in [0.1, 0.15) is 12.6 Å². The number of anilines is 2. The Labute approximate surface area is 157 Å². The molecule has 0 aliphatic heterocycles. The Morgan fingerprint density at radius 2 is 2.04 bits per heavy atom. The maximum Gasteiger partial charge on any atom is 0.234 e. The molecule has 3 heterocycles. The molecule has 1 aromatic carbocycles. The number of fused-ring (bicyclic) bond motifs is 1. The lowest BCUT2D eigenvalue weighted by Crippen LogP contribution is -1.93. The highest BCUT2D eigenvalue weighted by molar-refractivity contribution is 14.1. The first kappa shape index (κ1) is 15.5. The van der Waals surface area contributed by atoms with Gasteiger partial charge in [-0.1, -0.05) is 6.92 Å². The minimum Gasteiger partial charge on any atom is -0.332 e. The molecular weight excluding hydrogens is 433 g/mol. The third kappa shape index (κ3) is 2.89. The molecule has 3 aromatic heterocycles. The molecule has 4 rings (SSSR count). The number of thiazole rings is 1. The second-order valence-electron chi connectivity index (χ2n) is 5.22. The second kappa shape index (κ2) is 6.48. The van der Waals surface area contributed by atoms with Gasteiger partial charge in [0.05, 0.1) is 11.4 Å². The molecule has 0 unspecified atom stereocenters. The normalized spacial score (nSPS) is 11.1. The molecule has 4 aromatic rings. The Balaban J connectivity index is 1.71. The number of imidazole rings is 1. The minimum atomic E-state index is 0.712. The van der Waals surface area contributed by atoms with E-state index in [4.69, 9.17) is 4.98 Å². The Bertz CT molecular complexity index is 990. The topological polar surface area (TPSA) is 55.1 Å². The molecule has 0 aliphatic carbocycles. The number of nitrogens with one attached hydrogen (secondary N) is 1. The highest BCUT2D eigenvalue weighted by Gasteiger charge is 2.16. The number of nitrogens with zero attached hydrogens (tertiary/aromatic N) is 4. The van der Waals surface area contributed by atoms with E-state index in [0.717, 1.165) is 34.3 Å². The summed E-state index contributed by atoms with van der Waals surface area (Å²) in [7, 11) is 0. The summed E-state index contributed by atoms with van der Waals surface area (Å²) in [6.07, 6.45) is 4.59. The van der Waals surface area contributed by atoms with Gasteiger partial charge >= 0.3 is 0 Å². The standard InChI is InChI=1S/C17H14IN5S/c1-2-13-15(23-9-3-8-19-16(23)21-13)14-10-24-17(22-14)20-12-6-4-11(18)5-7-12/h3-10H,2H2,1H3,(H,20,22).